The third-order valence-corrected chi connectivity index (χ3v) is 3.21. The van der Waals surface area contributed by atoms with Crippen LogP contribution in [0.25, 0.3) is 11.5 Å². The molecule has 1 atom stereocenters. The summed E-state index contributed by atoms with van der Waals surface area (Å²) in [4.78, 5) is 41.2. The molecule has 0 spiro atoms. The molecule has 0 bridgehead atoms. The van der Waals surface area contributed by atoms with E-state index < -0.39 is 32.6 Å². The molecule has 0 aliphatic carbocycles. The van der Waals surface area contributed by atoms with Crippen LogP contribution in [-0.4, -0.2) is 88.9 Å². The molecule has 2 aliphatic rings. The summed E-state index contributed by atoms with van der Waals surface area (Å²) < 4.78 is 16.6. The van der Waals surface area contributed by atoms with Gasteiger partial charge in [-0.2, -0.15) is 0 Å². The molecule has 2 heterocycles. The Morgan fingerprint density at radius 2 is 2.09 bits per heavy atom. The van der Waals surface area contributed by atoms with Crippen molar-refractivity contribution in [3.05, 3.63) is 12.7 Å². The molecule has 2 rings (SSSR count). The van der Waals surface area contributed by atoms with Crippen LogP contribution in [0.5, 0.6) is 0 Å². The van der Waals surface area contributed by atoms with E-state index in [2.05, 4.69) is 15.0 Å². The van der Waals surface area contributed by atoms with Crippen molar-refractivity contribution in [1.82, 2.24) is 19.5 Å². The summed E-state index contributed by atoms with van der Waals surface area (Å²) in [6.45, 7) is -0.585. The number of fused-ring (bicyclic) bond motifs is 1. The van der Waals surface area contributed by atoms with Crippen LogP contribution in [0.1, 0.15) is 11.2 Å². The van der Waals surface area contributed by atoms with Crippen LogP contribution in [-0.2, 0) is 9.30 Å². The third kappa shape index (κ3) is 5.30. The van der Waals surface area contributed by atoms with E-state index in [1.54, 1.807) is 0 Å². The van der Waals surface area contributed by atoms with Crippen LogP contribution < -0.4 is 5.73 Å². The van der Waals surface area contributed by atoms with Crippen molar-refractivity contribution < 1.29 is 29.0 Å². The Morgan fingerprint density at radius 3 is 2.70 bits per heavy atom. The molecule has 0 aromatic heterocycles. The number of nitrogens with two attached hydrogens (primary N) is 1. The number of aromatic nitrogens is 4. The van der Waals surface area contributed by atoms with Gasteiger partial charge in [0.15, 0.2) is 11.5 Å². The van der Waals surface area contributed by atoms with Gasteiger partial charge >= 0.3 is 7.60 Å². The van der Waals surface area contributed by atoms with Crippen molar-refractivity contribution in [2.24, 2.45) is 0 Å². The zero-order valence-corrected chi connectivity index (χ0v) is 15.1. The first kappa shape index (κ1) is 20.1. The van der Waals surface area contributed by atoms with Crippen LogP contribution in [0, 0.1) is 0 Å². The Kier molecular flexibility index (Phi) is 7.24. The second kappa shape index (κ2) is 8.27. The maximum absolute atomic E-state index is 12.1. The van der Waals surface area contributed by atoms with Crippen LogP contribution in [0.4, 0.5) is 5.82 Å². The number of rotatable bonds is 6. The van der Waals surface area contributed by atoms with Crippen LogP contribution in [0.3, 0.4) is 0 Å². The number of nitrogen functional groups attached to an aromatic ring is 1. The summed E-state index contributed by atoms with van der Waals surface area (Å²) >= 11 is 0. The molecule has 0 unspecified atom stereocenters. The zero-order chi connectivity index (χ0) is 16.3. The fraction of sp³-hybridized carbons (Fsp3) is 0.400. The SMILES string of the molecule is Nc1c2ncnc-2ncn1C(=O)C[C@H](CO)OCP(=O)(O)O.[Na]. The number of anilines is 1. The van der Waals surface area contributed by atoms with Gasteiger partial charge < -0.3 is 25.4 Å². The summed E-state index contributed by atoms with van der Waals surface area (Å²) in [6.07, 6.45) is 0.104. The van der Waals surface area contributed by atoms with Gasteiger partial charge in [0.25, 0.3) is 0 Å². The van der Waals surface area contributed by atoms with E-state index in [9.17, 15) is 9.36 Å². The van der Waals surface area contributed by atoms with Crippen molar-refractivity contribution in [2.45, 2.75) is 12.5 Å². The van der Waals surface area contributed by atoms with Gasteiger partial charge in [-0.15, -0.1) is 0 Å². The molecule has 0 fully saturated rings. The third-order valence-electron chi connectivity index (χ3n) is 2.73. The van der Waals surface area contributed by atoms with E-state index in [1.807, 2.05) is 0 Å². The largest absolute Gasteiger partial charge is 0.394 e. The van der Waals surface area contributed by atoms with E-state index in [1.165, 1.54) is 6.33 Å². The molecule has 0 aromatic carbocycles. The van der Waals surface area contributed by atoms with E-state index in [0.29, 0.717) is 0 Å². The molecule has 23 heavy (non-hydrogen) atoms. The number of carbonyl (C=O) groups excluding carboxylic acids is 1. The van der Waals surface area contributed by atoms with E-state index in [-0.39, 0.29) is 53.3 Å². The molecular weight excluding hydrogens is 340 g/mol. The molecule has 121 valence electrons. The van der Waals surface area contributed by atoms with Crippen molar-refractivity contribution in [2.75, 3.05) is 18.7 Å². The molecule has 13 heteroatoms. The Morgan fingerprint density at radius 1 is 1.39 bits per heavy atom. The fourth-order valence-corrected chi connectivity index (χ4v) is 2.10. The number of carbonyl (C=O) groups is 1. The van der Waals surface area contributed by atoms with Crippen LogP contribution in [0.2, 0.25) is 0 Å². The van der Waals surface area contributed by atoms with Gasteiger partial charge in [-0.3, -0.25) is 13.9 Å². The van der Waals surface area contributed by atoms with Gasteiger partial charge in [0.2, 0.25) is 5.91 Å². The van der Waals surface area contributed by atoms with Gasteiger partial charge in [-0.1, -0.05) is 0 Å². The zero-order valence-electron chi connectivity index (χ0n) is 12.2. The van der Waals surface area contributed by atoms with Crippen molar-refractivity contribution >= 4 is 48.9 Å². The van der Waals surface area contributed by atoms with Crippen molar-refractivity contribution in [3.8, 4) is 11.5 Å². The minimum atomic E-state index is -4.39. The van der Waals surface area contributed by atoms with E-state index >= 15 is 0 Å². The van der Waals surface area contributed by atoms with E-state index in [0.717, 1.165) is 10.9 Å². The minimum absolute atomic E-state index is 0. The normalized spacial score (nSPS) is 12.8. The Bertz CT molecular complexity index is 690. The molecule has 0 aromatic rings. The molecule has 1 radical (unpaired) electrons. The number of nitrogens with zero attached hydrogens (tertiary/aromatic N) is 4. The predicted molar refractivity (Wildman–Crippen MR) is 78.7 cm³/mol. The summed E-state index contributed by atoms with van der Waals surface area (Å²) in [5.74, 6) is -0.253. The first-order valence-electron chi connectivity index (χ1n) is 6.05. The number of hydrogen-bond donors (Lipinski definition) is 4. The molecule has 11 nitrogen and oxygen atoms in total. The summed E-state index contributed by atoms with van der Waals surface area (Å²) in [7, 11) is -4.39. The molecule has 0 saturated heterocycles. The standard InChI is InChI=1S/C10H14N5O6P.Na/c11-9-8-10(13-3-12-8)14-4-15(9)7(17)1-6(2-16)21-5-22(18,19)20;/h3-4,6,16H,1-2,5,11H2,(H2,18,19,20);/t6-;/m1./s1. The summed E-state index contributed by atoms with van der Waals surface area (Å²) in [5.41, 5.74) is 6.05. The van der Waals surface area contributed by atoms with Crippen molar-refractivity contribution in [3.63, 3.8) is 0 Å². The average Bonchev–Trinajstić information content (AvgIpc) is 2.92. The number of aliphatic hydroxyl groups is 1. The van der Waals surface area contributed by atoms with Gasteiger partial charge in [0, 0.05) is 29.6 Å². The number of imidazole rings is 1. The van der Waals surface area contributed by atoms with E-state index in [4.69, 9.17) is 25.4 Å². The fourth-order valence-electron chi connectivity index (χ4n) is 1.69. The Labute approximate surface area is 152 Å². The number of ether oxygens (including phenoxy) is 1. The molecule has 0 amide bonds. The van der Waals surface area contributed by atoms with Crippen LogP contribution >= 0.6 is 7.60 Å². The topological polar surface area (TPSA) is 174 Å². The maximum Gasteiger partial charge on any atom is 0.350 e. The predicted octanol–water partition coefficient (Wildman–Crippen LogP) is -1.48. The molecule has 0 saturated carbocycles. The van der Waals surface area contributed by atoms with Crippen molar-refractivity contribution in [1.29, 1.82) is 0 Å². The second-order valence-corrected chi connectivity index (χ2v) is 6.00. The average molecular weight is 354 g/mol. The quantitative estimate of drug-likeness (QED) is 0.354. The second-order valence-electron chi connectivity index (χ2n) is 4.41. The first-order valence-corrected chi connectivity index (χ1v) is 7.85. The smallest absolute Gasteiger partial charge is 0.350 e. The van der Waals surface area contributed by atoms with Crippen LogP contribution in [0.15, 0.2) is 12.7 Å². The van der Waals surface area contributed by atoms with Gasteiger partial charge in [-0.25, -0.2) is 15.0 Å². The summed E-state index contributed by atoms with van der Waals surface area (Å²) in [5, 5.41) is 9.12. The first-order chi connectivity index (χ1) is 10.3. The van der Waals surface area contributed by atoms with Gasteiger partial charge in [-0.05, 0) is 0 Å². The minimum Gasteiger partial charge on any atom is -0.394 e. The molecule has 2 aliphatic heterocycles. The van der Waals surface area contributed by atoms with Gasteiger partial charge in [0.05, 0.1) is 19.1 Å². The molecular formula is C10H14N5NaO6P. The number of aliphatic hydroxyl groups excluding tert-OH is 1. The Hall–Kier alpha value is -0.910. The summed E-state index contributed by atoms with van der Waals surface area (Å²) in [6, 6.07) is 0. The maximum atomic E-state index is 12.1. The van der Waals surface area contributed by atoms with Gasteiger partial charge in [0.1, 0.15) is 24.8 Å². The molecule has 5 N–H and O–H groups in total. The Balaban J connectivity index is 0.00000264. The monoisotopic (exact) mass is 354 g/mol. The number of hydrogen-bond acceptors (Lipinski definition) is 8.